The number of aliphatic hydroxyl groups is 1. The van der Waals surface area contributed by atoms with E-state index in [1.54, 1.807) is 0 Å². The van der Waals surface area contributed by atoms with Crippen molar-refractivity contribution in [2.24, 2.45) is 4.99 Å². The van der Waals surface area contributed by atoms with Crippen molar-refractivity contribution in [2.75, 3.05) is 20.2 Å². The smallest absolute Gasteiger partial charge is 0.125 e. The summed E-state index contributed by atoms with van der Waals surface area (Å²) in [6, 6.07) is 0. The monoisotopic (exact) mass is 114 g/mol. The van der Waals surface area contributed by atoms with Crippen molar-refractivity contribution in [2.45, 2.75) is 6.17 Å². The number of rotatable bonds is 1. The Hall–Kier alpha value is -0.410. The molecule has 0 aromatic heterocycles. The highest BCUT2D eigenvalue weighted by Gasteiger charge is 2.13. The molecule has 8 heavy (non-hydrogen) atoms. The van der Waals surface area contributed by atoms with E-state index in [9.17, 15) is 0 Å². The predicted molar refractivity (Wildman–Crippen MR) is 32.0 cm³/mol. The van der Waals surface area contributed by atoms with Gasteiger partial charge in [-0.25, -0.2) is 0 Å². The molecule has 3 nitrogen and oxygen atoms in total. The fourth-order valence-corrected chi connectivity index (χ4v) is 0.720. The summed E-state index contributed by atoms with van der Waals surface area (Å²) < 4.78 is 0. The molecule has 1 atom stereocenters. The van der Waals surface area contributed by atoms with Crippen molar-refractivity contribution < 1.29 is 5.11 Å². The van der Waals surface area contributed by atoms with E-state index in [0.29, 0.717) is 0 Å². The van der Waals surface area contributed by atoms with Crippen molar-refractivity contribution >= 4 is 6.21 Å². The molecule has 0 aliphatic carbocycles. The number of aliphatic imine (C=N–C) groups is 1. The van der Waals surface area contributed by atoms with E-state index < -0.39 is 0 Å². The summed E-state index contributed by atoms with van der Waals surface area (Å²) in [5, 5.41) is 8.58. The molecule has 46 valence electrons. The predicted octanol–water partition coefficient (Wildman–Crippen LogP) is -0.679. The highest BCUT2D eigenvalue weighted by atomic mass is 16.3. The third-order valence-corrected chi connectivity index (χ3v) is 1.32. The lowest BCUT2D eigenvalue weighted by molar-refractivity contribution is 0.179. The molecule has 0 saturated carbocycles. The average Bonchev–Trinajstić information content (AvgIpc) is 2.14. The van der Waals surface area contributed by atoms with Gasteiger partial charge < -0.3 is 5.11 Å². The number of likely N-dealkylation sites (N-methyl/N-ethyl adjacent to an activating group) is 1. The van der Waals surface area contributed by atoms with Crippen molar-refractivity contribution in [3.05, 3.63) is 0 Å². The lowest BCUT2D eigenvalue weighted by Crippen LogP contribution is -2.28. The molecule has 0 aromatic rings. The van der Waals surface area contributed by atoms with Crippen molar-refractivity contribution in [1.82, 2.24) is 4.90 Å². The minimum Gasteiger partial charge on any atom is -0.393 e. The molecule has 0 saturated heterocycles. The molecule has 0 amide bonds. The van der Waals surface area contributed by atoms with Crippen LogP contribution in [-0.2, 0) is 0 Å². The zero-order chi connectivity index (χ0) is 5.98. The molecular formula is C5H10N2O. The summed E-state index contributed by atoms with van der Waals surface area (Å²) in [5.74, 6) is 0. The molecule has 1 aliphatic heterocycles. The van der Waals surface area contributed by atoms with Crippen molar-refractivity contribution in [3.8, 4) is 0 Å². The summed E-state index contributed by atoms with van der Waals surface area (Å²) in [4.78, 5) is 5.97. The Bertz CT molecular complexity index is 103. The molecule has 0 radical (unpaired) electrons. The summed E-state index contributed by atoms with van der Waals surface area (Å²) in [6.07, 6.45) is 1.84. The van der Waals surface area contributed by atoms with E-state index in [1.165, 1.54) is 0 Å². The van der Waals surface area contributed by atoms with E-state index in [2.05, 4.69) is 4.99 Å². The van der Waals surface area contributed by atoms with Gasteiger partial charge in [0.25, 0.3) is 0 Å². The van der Waals surface area contributed by atoms with E-state index in [1.807, 2.05) is 18.2 Å². The molecule has 0 bridgehead atoms. The molecule has 1 aliphatic rings. The minimum absolute atomic E-state index is 0.0231. The first-order valence-electron chi connectivity index (χ1n) is 2.67. The Labute approximate surface area is 48.6 Å². The highest BCUT2D eigenvalue weighted by Crippen LogP contribution is 2.00. The Morgan fingerprint density at radius 1 is 2.00 bits per heavy atom. The lowest BCUT2D eigenvalue weighted by Gasteiger charge is -2.13. The van der Waals surface area contributed by atoms with Crippen LogP contribution in [-0.4, -0.2) is 42.6 Å². The van der Waals surface area contributed by atoms with Gasteiger partial charge in [0.1, 0.15) is 6.17 Å². The SMILES string of the molecule is CN1CC=NC1CO. The van der Waals surface area contributed by atoms with E-state index in [4.69, 9.17) is 5.11 Å². The number of nitrogens with zero attached hydrogens (tertiary/aromatic N) is 2. The van der Waals surface area contributed by atoms with Gasteiger partial charge in [-0.2, -0.15) is 0 Å². The van der Waals surface area contributed by atoms with Gasteiger partial charge in [0.05, 0.1) is 6.61 Å². The van der Waals surface area contributed by atoms with Gasteiger partial charge in [-0.05, 0) is 7.05 Å². The molecular weight excluding hydrogens is 104 g/mol. The van der Waals surface area contributed by atoms with Gasteiger partial charge >= 0.3 is 0 Å². The van der Waals surface area contributed by atoms with Gasteiger partial charge in [-0.3, -0.25) is 9.89 Å². The molecule has 0 spiro atoms. The maximum atomic E-state index is 8.58. The summed E-state index contributed by atoms with van der Waals surface area (Å²) >= 11 is 0. The van der Waals surface area contributed by atoms with Gasteiger partial charge in [-0.15, -0.1) is 0 Å². The normalized spacial score (nSPS) is 29.5. The third kappa shape index (κ3) is 0.877. The van der Waals surface area contributed by atoms with Crippen LogP contribution >= 0.6 is 0 Å². The fraction of sp³-hybridized carbons (Fsp3) is 0.800. The topological polar surface area (TPSA) is 35.8 Å². The Morgan fingerprint density at radius 2 is 2.75 bits per heavy atom. The van der Waals surface area contributed by atoms with E-state index in [0.717, 1.165) is 6.54 Å². The molecule has 1 unspecified atom stereocenters. The average molecular weight is 114 g/mol. The molecule has 1 rings (SSSR count). The first kappa shape index (κ1) is 5.72. The lowest BCUT2D eigenvalue weighted by atomic mass is 10.5. The van der Waals surface area contributed by atoms with Crippen LogP contribution in [0.4, 0.5) is 0 Å². The summed E-state index contributed by atoms with van der Waals surface area (Å²) in [6.45, 7) is 0.998. The standard InChI is InChI=1S/C5H10N2O/c1-7-3-2-6-5(7)4-8/h2,5,8H,3-4H2,1H3. The first-order valence-corrected chi connectivity index (χ1v) is 2.67. The van der Waals surface area contributed by atoms with Crippen LogP contribution in [0, 0.1) is 0 Å². The van der Waals surface area contributed by atoms with Gasteiger partial charge in [0.15, 0.2) is 0 Å². The Balaban J connectivity index is 2.41. The van der Waals surface area contributed by atoms with Gasteiger partial charge in [0.2, 0.25) is 0 Å². The van der Waals surface area contributed by atoms with Crippen LogP contribution in [0.5, 0.6) is 0 Å². The zero-order valence-electron chi connectivity index (χ0n) is 4.91. The van der Waals surface area contributed by atoms with Crippen LogP contribution in [0.15, 0.2) is 4.99 Å². The summed E-state index contributed by atoms with van der Waals surface area (Å²) in [7, 11) is 1.94. The number of hydrogen-bond donors (Lipinski definition) is 1. The quantitative estimate of drug-likeness (QED) is 0.490. The van der Waals surface area contributed by atoms with Gasteiger partial charge in [-0.1, -0.05) is 0 Å². The fourth-order valence-electron chi connectivity index (χ4n) is 0.720. The number of hydrogen-bond acceptors (Lipinski definition) is 3. The Kier molecular flexibility index (Phi) is 1.60. The minimum atomic E-state index is 0.0231. The van der Waals surface area contributed by atoms with Crippen molar-refractivity contribution in [1.29, 1.82) is 0 Å². The van der Waals surface area contributed by atoms with Crippen LogP contribution < -0.4 is 0 Å². The second-order valence-corrected chi connectivity index (χ2v) is 1.93. The van der Waals surface area contributed by atoms with E-state index >= 15 is 0 Å². The molecule has 1 N–H and O–H groups in total. The van der Waals surface area contributed by atoms with E-state index in [-0.39, 0.29) is 12.8 Å². The maximum absolute atomic E-state index is 8.58. The molecule has 0 aromatic carbocycles. The second kappa shape index (κ2) is 2.24. The molecule has 1 heterocycles. The Morgan fingerprint density at radius 3 is 3.00 bits per heavy atom. The van der Waals surface area contributed by atoms with Gasteiger partial charge in [0, 0.05) is 12.8 Å². The largest absolute Gasteiger partial charge is 0.393 e. The number of aliphatic hydroxyl groups excluding tert-OH is 1. The van der Waals surface area contributed by atoms with Crippen LogP contribution in [0.1, 0.15) is 0 Å². The third-order valence-electron chi connectivity index (χ3n) is 1.32. The zero-order valence-corrected chi connectivity index (χ0v) is 4.91. The van der Waals surface area contributed by atoms with Crippen LogP contribution in [0.25, 0.3) is 0 Å². The maximum Gasteiger partial charge on any atom is 0.125 e. The van der Waals surface area contributed by atoms with Crippen LogP contribution in [0.3, 0.4) is 0 Å². The summed E-state index contributed by atoms with van der Waals surface area (Å²) in [5.41, 5.74) is 0. The molecule has 0 fully saturated rings. The second-order valence-electron chi connectivity index (χ2n) is 1.93. The highest BCUT2D eigenvalue weighted by molar-refractivity contribution is 5.61. The van der Waals surface area contributed by atoms with Crippen LogP contribution in [0.2, 0.25) is 0 Å². The van der Waals surface area contributed by atoms with Crippen molar-refractivity contribution in [3.63, 3.8) is 0 Å². The molecule has 3 heteroatoms. The first-order chi connectivity index (χ1) is 3.84.